The van der Waals surface area contributed by atoms with Crippen LogP contribution in [0.2, 0.25) is 0 Å². The molecule has 1 aromatic carbocycles. The Balaban J connectivity index is 1.99. The topological polar surface area (TPSA) is 184 Å². The monoisotopic (exact) mass is 475 g/mol. The molecule has 2 aromatic rings. The molecule has 0 saturated heterocycles. The Morgan fingerprint density at radius 3 is 2.38 bits per heavy atom. The number of benzene rings is 1. The number of aromatic amines is 1. The summed E-state index contributed by atoms with van der Waals surface area (Å²) in [6, 6.07) is 1.24. The van der Waals surface area contributed by atoms with Crippen molar-refractivity contribution in [2.45, 2.75) is 55.1 Å². The van der Waals surface area contributed by atoms with Crippen molar-refractivity contribution in [3.63, 3.8) is 0 Å². The third-order valence-corrected chi connectivity index (χ3v) is 6.79. The lowest BCUT2D eigenvalue weighted by molar-refractivity contribution is -0.139. The van der Waals surface area contributed by atoms with Gasteiger partial charge in [-0.1, -0.05) is 6.07 Å². The number of primary sulfonamides is 1. The number of Topliss-reactive ketones (excluding diaryl/α,β-unsaturated/α-hetero) is 1. The van der Waals surface area contributed by atoms with Crippen LogP contribution in [0.5, 0.6) is 0 Å². The summed E-state index contributed by atoms with van der Waals surface area (Å²) in [6.07, 6.45) is -2.40. The number of halogens is 3. The van der Waals surface area contributed by atoms with Gasteiger partial charge in [-0.15, -0.1) is 10.2 Å². The number of nitrogens with zero attached hydrogens (tertiary/aromatic N) is 3. The molecule has 0 amide bonds. The third kappa shape index (κ3) is 5.14. The fraction of sp³-hybridized carbons (Fsp3) is 0.556. The Hall–Kier alpha value is -2.42. The van der Waals surface area contributed by atoms with Crippen LogP contribution in [-0.2, 0) is 21.0 Å². The van der Waals surface area contributed by atoms with Gasteiger partial charge in [0.15, 0.2) is 5.78 Å². The van der Waals surface area contributed by atoms with Gasteiger partial charge in [-0.2, -0.15) is 18.4 Å². The van der Waals surface area contributed by atoms with Crippen molar-refractivity contribution in [1.29, 1.82) is 0 Å². The molecule has 0 aliphatic heterocycles. The number of nitrogens with two attached hydrogens (primary N) is 3. The van der Waals surface area contributed by atoms with Crippen LogP contribution in [0.1, 0.15) is 49.1 Å². The normalized spacial score (nSPS) is 20.8. The van der Waals surface area contributed by atoms with E-state index < -0.39 is 32.7 Å². The maximum atomic E-state index is 13.6. The smallest absolute Gasteiger partial charge is 0.328 e. The second-order valence-corrected chi connectivity index (χ2v) is 9.41. The fourth-order valence-corrected chi connectivity index (χ4v) is 5.18. The summed E-state index contributed by atoms with van der Waals surface area (Å²) in [5.74, 6) is -0.631. The quantitative estimate of drug-likeness (QED) is 0.458. The van der Waals surface area contributed by atoms with Crippen LogP contribution in [0, 0.1) is 5.92 Å². The van der Waals surface area contributed by atoms with E-state index in [2.05, 4.69) is 20.6 Å². The van der Waals surface area contributed by atoms with Crippen LogP contribution in [0.25, 0.3) is 11.4 Å². The molecule has 1 fully saturated rings. The van der Waals surface area contributed by atoms with Crippen molar-refractivity contribution in [3.05, 3.63) is 23.3 Å². The first-order valence-electron chi connectivity index (χ1n) is 9.92. The SMILES string of the molecule is NC[C@H](N)C(=O)CC1CCC(c2ccc(C(F)(F)F)c(S(N)(=O)=O)c2-c2nn[nH]n2)CC1. The van der Waals surface area contributed by atoms with Gasteiger partial charge in [-0.05, 0) is 54.4 Å². The predicted octanol–water partition coefficient (Wildman–Crippen LogP) is 1.05. The molecular weight excluding hydrogens is 451 g/mol. The number of nitrogens with one attached hydrogen (secondary N) is 1. The van der Waals surface area contributed by atoms with Crippen molar-refractivity contribution in [2.24, 2.45) is 22.5 Å². The molecular formula is C18H24F3N7O3S. The highest BCUT2D eigenvalue weighted by molar-refractivity contribution is 7.89. The first kappa shape index (κ1) is 24.2. The van der Waals surface area contributed by atoms with Crippen molar-refractivity contribution in [1.82, 2.24) is 20.6 Å². The van der Waals surface area contributed by atoms with E-state index in [1.54, 1.807) is 0 Å². The lowest BCUT2D eigenvalue weighted by Crippen LogP contribution is -2.38. The van der Waals surface area contributed by atoms with E-state index in [9.17, 15) is 26.4 Å². The Labute approximate surface area is 182 Å². The van der Waals surface area contributed by atoms with Crippen LogP contribution in [0.4, 0.5) is 13.2 Å². The summed E-state index contributed by atoms with van der Waals surface area (Å²) in [4.78, 5) is 11.0. The van der Waals surface area contributed by atoms with Gasteiger partial charge in [0.2, 0.25) is 15.8 Å². The summed E-state index contributed by atoms with van der Waals surface area (Å²) in [6.45, 7) is 0.0597. The van der Waals surface area contributed by atoms with Gasteiger partial charge in [0.05, 0.1) is 11.6 Å². The predicted molar refractivity (Wildman–Crippen MR) is 107 cm³/mol. The number of aromatic nitrogens is 4. The van der Waals surface area contributed by atoms with Crippen LogP contribution in [0.15, 0.2) is 17.0 Å². The number of carbonyl (C=O) groups excluding carboxylic acids is 1. The largest absolute Gasteiger partial charge is 0.417 e. The first-order valence-corrected chi connectivity index (χ1v) is 11.5. The van der Waals surface area contributed by atoms with E-state index in [-0.39, 0.29) is 42.0 Å². The van der Waals surface area contributed by atoms with Gasteiger partial charge in [-0.25, -0.2) is 13.6 Å². The van der Waals surface area contributed by atoms with Gasteiger partial charge in [0, 0.05) is 18.5 Å². The van der Waals surface area contributed by atoms with Crippen molar-refractivity contribution >= 4 is 15.8 Å². The number of sulfonamides is 1. The Morgan fingerprint density at radius 2 is 1.88 bits per heavy atom. The number of hydrogen-bond donors (Lipinski definition) is 4. The van der Waals surface area contributed by atoms with Gasteiger partial charge in [0.25, 0.3) is 0 Å². The zero-order chi connectivity index (χ0) is 23.7. The second kappa shape index (κ2) is 9.21. The average molecular weight is 475 g/mol. The highest BCUT2D eigenvalue weighted by atomic mass is 32.2. The lowest BCUT2D eigenvalue weighted by atomic mass is 9.75. The molecule has 0 bridgehead atoms. The number of ketones is 1. The van der Waals surface area contributed by atoms with Crippen molar-refractivity contribution in [2.75, 3.05) is 6.54 Å². The van der Waals surface area contributed by atoms with Crippen LogP contribution in [0.3, 0.4) is 0 Å². The maximum Gasteiger partial charge on any atom is 0.417 e. The number of rotatable bonds is 7. The number of carbonyl (C=O) groups is 1. The molecule has 7 N–H and O–H groups in total. The minimum atomic E-state index is -4.96. The van der Waals surface area contributed by atoms with Gasteiger partial charge in [0.1, 0.15) is 4.90 Å². The van der Waals surface area contributed by atoms with E-state index in [1.165, 1.54) is 6.07 Å². The number of tetrazole rings is 1. The molecule has 1 atom stereocenters. The molecule has 176 valence electrons. The molecule has 10 nitrogen and oxygen atoms in total. The molecule has 1 aliphatic carbocycles. The van der Waals surface area contributed by atoms with E-state index in [1.807, 2.05) is 0 Å². The molecule has 1 aliphatic rings. The molecule has 3 rings (SSSR count). The highest BCUT2D eigenvalue weighted by Gasteiger charge is 2.40. The van der Waals surface area contributed by atoms with E-state index in [0.717, 1.165) is 0 Å². The van der Waals surface area contributed by atoms with E-state index in [0.29, 0.717) is 37.3 Å². The molecule has 1 saturated carbocycles. The van der Waals surface area contributed by atoms with Gasteiger partial charge in [-0.3, -0.25) is 4.79 Å². The number of H-pyrrole nitrogens is 1. The van der Waals surface area contributed by atoms with Crippen LogP contribution >= 0.6 is 0 Å². The summed E-state index contributed by atoms with van der Waals surface area (Å²) in [5, 5.41) is 18.1. The zero-order valence-corrected chi connectivity index (χ0v) is 17.8. The average Bonchev–Trinajstić information content (AvgIpc) is 3.26. The third-order valence-electron chi connectivity index (χ3n) is 5.79. The minimum absolute atomic E-state index is 0.0597. The summed E-state index contributed by atoms with van der Waals surface area (Å²) in [5.41, 5.74) is 9.75. The maximum absolute atomic E-state index is 13.6. The number of hydrogen-bond acceptors (Lipinski definition) is 8. The molecule has 0 unspecified atom stereocenters. The molecule has 32 heavy (non-hydrogen) atoms. The molecule has 1 aromatic heterocycles. The standard InChI is InChI=1S/C18H24F3N7O3S/c19-18(20,21)12-6-5-11(15(16(12)32(24,30)31)17-25-27-28-26-17)10-3-1-9(2-4-10)7-14(29)13(23)8-22/h5-6,9-10,13H,1-4,7-8,22-23H2,(H2,24,30,31)(H,25,26,27,28)/t9?,10?,13-/m0/s1. The van der Waals surface area contributed by atoms with Gasteiger partial charge < -0.3 is 11.5 Å². The molecule has 0 spiro atoms. The Morgan fingerprint density at radius 1 is 1.22 bits per heavy atom. The van der Waals surface area contributed by atoms with E-state index in [4.69, 9.17) is 16.6 Å². The molecule has 0 radical (unpaired) electrons. The summed E-state index contributed by atoms with van der Waals surface area (Å²) < 4.78 is 65.3. The highest BCUT2D eigenvalue weighted by Crippen LogP contribution is 2.45. The Kier molecular flexibility index (Phi) is 6.97. The fourth-order valence-electron chi connectivity index (χ4n) is 4.20. The van der Waals surface area contributed by atoms with Crippen LogP contribution < -0.4 is 16.6 Å². The van der Waals surface area contributed by atoms with Gasteiger partial charge >= 0.3 is 6.18 Å². The second-order valence-electron chi connectivity index (χ2n) is 7.91. The van der Waals surface area contributed by atoms with Crippen molar-refractivity contribution in [3.8, 4) is 11.4 Å². The molecule has 14 heteroatoms. The zero-order valence-electron chi connectivity index (χ0n) is 17.0. The molecule has 1 heterocycles. The lowest BCUT2D eigenvalue weighted by Gasteiger charge is -2.30. The van der Waals surface area contributed by atoms with Crippen LogP contribution in [-0.4, -0.2) is 47.4 Å². The first-order chi connectivity index (χ1) is 14.9. The summed E-state index contributed by atoms with van der Waals surface area (Å²) >= 11 is 0. The van der Waals surface area contributed by atoms with Crippen molar-refractivity contribution < 1.29 is 26.4 Å². The van der Waals surface area contributed by atoms with E-state index >= 15 is 0 Å². The number of alkyl halides is 3. The Bertz CT molecular complexity index is 1070. The summed E-state index contributed by atoms with van der Waals surface area (Å²) in [7, 11) is -4.79. The minimum Gasteiger partial charge on any atom is -0.328 e.